The zero-order chi connectivity index (χ0) is 71.6. The molecule has 544 valence electrons. The van der Waals surface area contributed by atoms with Crippen LogP contribution in [0.2, 0.25) is 0 Å². The molecule has 0 N–H and O–H groups in total. The van der Waals surface area contributed by atoms with Gasteiger partial charge in [-0.25, -0.2) is 0 Å². The van der Waals surface area contributed by atoms with E-state index in [9.17, 15) is 0 Å². The Hall–Kier alpha value is -0.480. The van der Waals surface area contributed by atoms with E-state index < -0.39 is 0 Å². The van der Waals surface area contributed by atoms with Crippen LogP contribution >= 0.6 is 0 Å². The fraction of sp³-hybridized carbons (Fsp3) is 1.00. The highest BCUT2D eigenvalue weighted by atomic mass is 15.4. The molecule has 7 saturated heterocycles. The van der Waals surface area contributed by atoms with Gasteiger partial charge in [-0.15, -0.1) is 0 Å². The second-order valence-corrected chi connectivity index (χ2v) is 42.2. The molecule has 0 unspecified atom stereocenters. The van der Waals surface area contributed by atoms with Crippen molar-refractivity contribution in [2.45, 2.75) is 394 Å². The lowest BCUT2D eigenvalue weighted by atomic mass is 9.69. The van der Waals surface area contributed by atoms with Crippen LogP contribution in [-0.4, -0.2) is 279 Å². The van der Waals surface area contributed by atoms with Gasteiger partial charge in [0.05, 0.1) is 0 Å². The molecule has 7 aliphatic rings. The van der Waals surface area contributed by atoms with E-state index in [1.165, 1.54) is 118 Å². The fourth-order valence-electron chi connectivity index (χ4n) is 15.8. The summed E-state index contributed by atoms with van der Waals surface area (Å²) >= 11 is 0. The van der Waals surface area contributed by atoms with Crippen LogP contribution < -0.4 is 0 Å². The smallest absolute Gasteiger partial charge is 0.0213 e. The molecule has 0 aliphatic carbocycles. The van der Waals surface area contributed by atoms with Crippen molar-refractivity contribution in [1.82, 2.24) is 58.8 Å². The quantitative estimate of drug-likeness (QED) is 0.232. The molecule has 91 heavy (non-hydrogen) atoms. The fourth-order valence-corrected chi connectivity index (χ4v) is 15.8. The van der Waals surface area contributed by atoms with Gasteiger partial charge in [-0.1, -0.05) is 0 Å². The van der Waals surface area contributed by atoms with Crippen LogP contribution in [0.5, 0.6) is 0 Å². The molecule has 0 aromatic rings. The van der Waals surface area contributed by atoms with Crippen LogP contribution in [0, 0.1) is 5.41 Å². The van der Waals surface area contributed by atoms with Crippen molar-refractivity contribution in [3.63, 3.8) is 0 Å². The van der Waals surface area contributed by atoms with Gasteiger partial charge in [-0.05, 0) is 291 Å². The van der Waals surface area contributed by atoms with E-state index in [0.29, 0.717) is 86.0 Å². The van der Waals surface area contributed by atoms with Crippen molar-refractivity contribution in [2.24, 2.45) is 5.41 Å². The summed E-state index contributed by atoms with van der Waals surface area (Å²) < 4.78 is 0. The Labute approximate surface area is 572 Å². The van der Waals surface area contributed by atoms with E-state index in [-0.39, 0.29) is 22.2 Å². The molecule has 7 heterocycles. The number of hydrogen-bond acceptors (Lipinski definition) is 12. The van der Waals surface area contributed by atoms with E-state index in [1.54, 1.807) is 0 Å². The van der Waals surface area contributed by atoms with Gasteiger partial charge < -0.3 is 0 Å². The van der Waals surface area contributed by atoms with Crippen molar-refractivity contribution in [3.8, 4) is 0 Å². The SMILES string of the molecule is CC(C)(C)N1CC2(C1)CN(C(C)(C)C)C2.CC(C)(C)N1CCN(C(C)(C)C)CC1.C[C@@H]1CN(C(C)(C)C)CCN1C(C)(C)C.C[C@@H]1CN(C(C)(C)C)[C@@H](C)CN1C(C)(C)C.C[C@H]1CN(C(C)(C)C)CCN1C(C)(C)C.C[C@H]1CN(C(C)(C)C)[C@@H](C)CN1C(C)(C)C. The first-order chi connectivity index (χ1) is 40.1. The van der Waals surface area contributed by atoms with Gasteiger partial charge in [-0.3, -0.25) is 58.8 Å². The molecule has 7 rings (SSSR count). The minimum absolute atomic E-state index is 0.289. The molecular formula is C79H168N12. The standard InChI is InChI=1S/2C14H30N2.C13H26N2.2C13H28N2.C12H26N2/c2*1-11-9-16(14(6,7)8)12(2)10-15(11)13(3,4)5;1-11(2,3)14-7-13(8-14)9-15(10-13)12(4,5)6;2*1-11-10-14(12(2,3)4)8-9-15(11)13(5,6)7;1-11(2,3)13-7-9-14(10-8-13)12(4,5)6/h2*11-12H,9-10H2,1-8H3;7-10H2,1-6H3;2*11H,8-10H2,1-7H3;7-10H2,1-6H3/t11-,12+;11-,12-;;2*11-;/m.0.10./s1. The van der Waals surface area contributed by atoms with Gasteiger partial charge in [0.25, 0.3) is 0 Å². The van der Waals surface area contributed by atoms with E-state index in [4.69, 9.17) is 0 Å². The average molecular weight is 1290 g/mol. The summed E-state index contributed by atoms with van der Waals surface area (Å²) in [6.07, 6.45) is 0. The lowest BCUT2D eigenvalue weighted by Gasteiger charge is -2.66. The monoisotopic (exact) mass is 1290 g/mol. The number of hydrogen-bond donors (Lipinski definition) is 0. The molecule has 12 heteroatoms. The third kappa shape index (κ3) is 26.9. The Bertz CT molecular complexity index is 1880. The molecule has 0 bridgehead atoms. The molecule has 0 aromatic heterocycles. The molecule has 12 nitrogen and oxygen atoms in total. The highest BCUT2D eigenvalue weighted by Gasteiger charge is 2.56. The van der Waals surface area contributed by atoms with Crippen molar-refractivity contribution in [2.75, 3.05) is 118 Å². The zero-order valence-electron chi connectivity index (χ0n) is 70.1. The Morgan fingerprint density at radius 3 is 0.473 bits per heavy atom. The predicted octanol–water partition coefficient (Wildman–Crippen LogP) is 15.5. The van der Waals surface area contributed by atoms with E-state index >= 15 is 0 Å². The largest absolute Gasteiger partial charge is 0.297 e. The first-order valence-corrected chi connectivity index (χ1v) is 37.3. The molecule has 7 fully saturated rings. The third-order valence-electron chi connectivity index (χ3n) is 21.5. The molecule has 0 radical (unpaired) electrons. The zero-order valence-corrected chi connectivity index (χ0v) is 70.1. The lowest BCUT2D eigenvalue weighted by molar-refractivity contribution is -0.167. The highest BCUT2D eigenvalue weighted by Crippen LogP contribution is 2.45. The molecule has 7 aliphatic heterocycles. The number of nitrogens with zero attached hydrogens (tertiary/aromatic N) is 12. The number of piperazine rings is 5. The minimum Gasteiger partial charge on any atom is -0.297 e. The summed E-state index contributed by atoms with van der Waals surface area (Å²) in [7, 11) is 0. The van der Waals surface area contributed by atoms with E-state index in [1.807, 2.05) is 0 Å². The maximum atomic E-state index is 2.64. The molecule has 0 saturated carbocycles. The Kier molecular flexibility index (Phi) is 29.9. The lowest BCUT2D eigenvalue weighted by Crippen LogP contribution is -2.76. The second-order valence-electron chi connectivity index (χ2n) is 42.2. The van der Waals surface area contributed by atoms with Gasteiger partial charge >= 0.3 is 0 Å². The minimum atomic E-state index is 0.289. The molecule has 0 aromatic carbocycles. The highest BCUT2D eigenvalue weighted by molar-refractivity contribution is 5.10. The predicted molar refractivity (Wildman–Crippen MR) is 406 cm³/mol. The molecule has 0 amide bonds. The van der Waals surface area contributed by atoms with Gasteiger partial charge in [0.15, 0.2) is 0 Å². The van der Waals surface area contributed by atoms with Gasteiger partial charge in [0.2, 0.25) is 0 Å². The van der Waals surface area contributed by atoms with Gasteiger partial charge in [0, 0.05) is 226 Å². The van der Waals surface area contributed by atoms with Crippen molar-refractivity contribution in [1.29, 1.82) is 0 Å². The number of rotatable bonds is 0. The first kappa shape index (κ1) is 86.6. The van der Waals surface area contributed by atoms with Crippen LogP contribution in [0.25, 0.3) is 0 Å². The summed E-state index contributed by atoms with van der Waals surface area (Å²) in [5.74, 6) is 0. The third-order valence-corrected chi connectivity index (χ3v) is 21.5. The van der Waals surface area contributed by atoms with E-state index in [2.05, 4.69) is 350 Å². The normalized spacial score (nSPS) is 27.8. The second kappa shape index (κ2) is 31.4. The Morgan fingerprint density at radius 2 is 0.330 bits per heavy atom. The molecule has 6 atom stereocenters. The Balaban J connectivity index is 0.000000372. The summed E-state index contributed by atoms with van der Waals surface area (Å²) in [6, 6.07) is 3.92. The van der Waals surface area contributed by atoms with Crippen LogP contribution in [0.15, 0.2) is 0 Å². The van der Waals surface area contributed by atoms with Crippen molar-refractivity contribution < 1.29 is 0 Å². The van der Waals surface area contributed by atoms with Crippen molar-refractivity contribution in [3.05, 3.63) is 0 Å². The van der Waals surface area contributed by atoms with Crippen LogP contribution in [0.4, 0.5) is 0 Å². The summed E-state index contributed by atoms with van der Waals surface area (Å²) in [5, 5.41) is 0. The van der Waals surface area contributed by atoms with Gasteiger partial charge in [-0.2, -0.15) is 0 Å². The molecule has 1 spiro atoms. The van der Waals surface area contributed by atoms with E-state index in [0.717, 1.165) is 0 Å². The van der Waals surface area contributed by atoms with Crippen LogP contribution in [-0.2, 0) is 0 Å². The summed E-state index contributed by atoms with van der Waals surface area (Å²) in [6.45, 7) is 119. The maximum absolute atomic E-state index is 2.64. The molecular weight excluding hydrogens is 1120 g/mol. The topological polar surface area (TPSA) is 38.9 Å². The first-order valence-electron chi connectivity index (χ1n) is 37.3. The maximum Gasteiger partial charge on any atom is 0.0213 e. The summed E-state index contributed by atoms with van der Waals surface area (Å²) in [4.78, 5) is 31.4. The Morgan fingerprint density at radius 1 is 0.176 bits per heavy atom. The van der Waals surface area contributed by atoms with Crippen LogP contribution in [0.3, 0.4) is 0 Å². The number of likely N-dealkylation sites (tertiary alicyclic amines) is 2. The average Bonchev–Trinajstić information content (AvgIpc) is 0.990. The van der Waals surface area contributed by atoms with Crippen LogP contribution in [0.1, 0.15) is 291 Å². The summed E-state index contributed by atoms with van der Waals surface area (Å²) in [5.41, 5.74) is 4.48. The van der Waals surface area contributed by atoms with Crippen molar-refractivity contribution >= 4 is 0 Å². The van der Waals surface area contributed by atoms with Gasteiger partial charge in [0.1, 0.15) is 0 Å².